The van der Waals surface area contributed by atoms with Crippen molar-refractivity contribution in [3.8, 4) is 0 Å². The van der Waals surface area contributed by atoms with Gasteiger partial charge in [-0.1, -0.05) is 0 Å². The van der Waals surface area contributed by atoms with E-state index in [1.54, 1.807) is 0 Å². The Morgan fingerprint density at radius 1 is 1.73 bits per heavy atom. The third-order valence-electron chi connectivity index (χ3n) is 3.22. The molecule has 2 rings (SSSR count). The average Bonchev–Trinajstić information content (AvgIpc) is 2.39. The molecule has 62 valence electrons. The monoisotopic (exact) mass is 157 g/mol. The molecule has 0 amide bonds. The molecule has 2 fully saturated rings. The van der Waals surface area contributed by atoms with E-state index in [1.807, 2.05) is 6.92 Å². The van der Waals surface area contributed by atoms with Gasteiger partial charge >= 0.3 is 0 Å². The zero-order chi connectivity index (χ0) is 8.28. The maximum Gasteiger partial charge on any atom is 0.173 e. The van der Waals surface area contributed by atoms with Crippen molar-refractivity contribution in [2.24, 2.45) is 17.6 Å². The fourth-order valence-corrected chi connectivity index (χ4v) is 2.58. The average molecular weight is 157 g/mol. The van der Waals surface area contributed by atoms with Crippen LogP contribution in [0, 0.1) is 11.8 Å². The van der Waals surface area contributed by atoms with Crippen molar-refractivity contribution < 1.29 is 9.18 Å². The lowest BCUT2D eigenvalue weighted by atomic mass is 9.93. The van der Waals surface area contributed by atoms with Crippen molar-refractivity contribution in [2.45, 2.75) is 31.0 Å². The number of carbonyl (C=O) groups is 1. The van der Waals surface area contributed by atoms with Gasteiger partial charge in [0.2, 0.25) is 0 Å². The molecule has 2 saturated carbocycles. The largest absolute Gasteiger partial charge is 0.325 e. The summed E-state index contributed by atoms with van der Waals surface area (Å²) in [5, 5.41) is 0. The molecule has 0 aromatic rings. The van der Waals surface area contributed by atoms with Crippen LogP contribution in [0.15, 0.2) is 0 Å². The first-order valence-electron chi connectivity index (χ1n) is 3.96. The van der Waals surface area contributed by atoms with Crippen LogP contribution in [0.1, 0.15) is 19.8 Å². The molecule has 2 aliphatic carbocycles. The van der Waals surface area contributed by atoms with E-state index in [4.69, 9.17) is 5.73 Å². The highest BCUT2D eigenvalue weighted by Crippen LogP contribution is 2.65. The van der Waals surface area contributed by atoms with Crippen LogP contribution in [0.3, 0.4) is 0 Å². The molecule has 4 atom stereocenters. The Labute approximate surface area is 64.9 Å². The minimum atomic E-state index is -1.57. The van der Waals surface area contributed by atoms with Crippen molar-refractivity contribution in [3.05, 3.63) is 0 Å². The van der Waals surface area contributed by atoms with E-state index in [9.17, 15) is 9.18 Å². The summed E-state index contributed by atoms with van der Waals surface area (Å²) in [6.45, 7) is 1.84. The second-order valence-electron chi connectivity index (χ2n) is 4.07. The van der Waals surface area contributed by atoms with Gasteiger partial charge in [-0.25, -0.2) is 4.39 Å². The quantitative estimate of drug-likeness (QED) is 0.568. The van der Waals surface area contributed by atoms with Crippen molar-refractivity contribution >= 4 is 6.29 Å². The van der Waals surface area contributed by atoms with E-state index in [-0.39, 0.29) is 11.8 Å². The molecule has 2 nitrogen and oxygen atoms in total. The maximum atomic E-state index is 13.4. The molecule has 0 heterocycles. The highest BCUT2D eigenvalue weighted by atomic mass is 19.1. The lowest BCUT2D eigenvalue weighted by Crippen LogP contribution is -2.40. The summed E-state index contributed by atoms with van der Waals surface area (Å²) in [7, 11) is 0. The van der Waals surface area contributed by atoms with E-state index in [0.29, 0.717) is 6.29 Å². The number of halogens is 1. The summed E-state index contributed by atoms with van der Waals surface area (Å²) in [6, 6.07) is 0. The van der Waals surface area contributed by atoms with Crippen LogP contribution in [0.2, 0.25) is 0 Å². The Bertz CT molecular complexity index is 216. The highest BCUT2D eigenvalue weighted by molar-refractivity contribution is 5.71. The molecule has 3 heteroatoms. The summed E-state index contributed by atoms with van der Waals surface area (Å²) in [5.74, 6) is -0.275. The van der Waals surface area contributed by atoms with Crippen molar-refractivity contribution in [2.75, 3.05) is 0 Å². The number of hydrogen-bond donors (Lipinski definition) is 1. The fourth-order valence-electron chi connectivity index (χ4n) is 2.58. The van der Waals surface area contributed by atoms with Crippen LogP contribution in [0.5, 0.6) is 0 Å². The molecular weight excluding hydrogens is 145 g/mol. The fraction of sp³-hybridized carbons (Fsp3) is 0.875. The normalized spacial score (nSPS) is 60.6. The van der Waals surface area contributed by atoms with Gasteiger partial charge in [-0.15, -0.1) is 0 Å². The Hall–Kier alpha value is -0.440. The number of fused-ring (bicyclic) bond motifs is 1. The Kier molecular flexibility index (Phi) is 1.09. The molecule has 11 heavy (non-hydrogen) atoms. The van der Waals surface area contributed by atoms with Gasteiger partial charge in [-0.2, -0.15) is 0 Å². The number of alkyl halides is 1. The Balaban J connectivity index is 2.24. The Morgan fingerprint density at radius 3 is 2.64 bits per heavy atom. The first-order valence-corrected chi connectivity index (χ1v) is 3.96. The van der Waals surface area contributed by atoms with E-state index in [2.05, 4.69) is 0 Å². The molecule has 0 aromatic heterocycles. The number of hydrogen-bond acceptors (Lipinski definition) is 2. The van der Waals surface area contributed by atoms with E-state index in [0.717, 1.165) is 12.8 Å². The minimum Gasteiger partial charge on any atom is -0.325 e. The van der Waals surface area contributed by atoms with Gasteiger partial charge in [0.25, 0.3) is 0 Å². The van der Waals surface area contributed by atoms with Crippen molar-refractivity contribution in [3.63, 3.8) is 0 Å². The summed E-state index contributed by atoms with van der Waals surface area (Å²) < 4.78 is 13.4. The van der Waals surface area contributed by atoms with Gasteiger partial charge < -0.3 is 5.73 Å². The molecule has 1 unspecified atom stereocenters. The van der Waals surface area contributed by atoms with Crippen molar-refractivity contribution in [1.82, 2.24) is 0 Å². The number of carbonyl (C=O) groups excluding carboxylic acids is 1. The number of aldehydes is 1. The zero-order valence-electron chi connectivity index (χ0n) is 6.51. The standard InChI is InChI=1S/C8H12FNO/c1-7(10)3-2-5-6(7)8(5,9)4-11/h4-6H,2-3,10H2,1H3/t5?,6-,7+,8-/m1/s1. The Morgan fingerprint density at radius 2 is 2.36 bits per heavy atom. The maximum absolute atomic E-state index is 13.4. The summed E-state index contributed by atoms with van der Waals surface area (Å²) >= 11 is 0. The lowest BCUT2D eigenvalue weighted by molar-refractivity contribution is -0.114. The molecule has 0 aliphatic heterocycles. The molecule has 2 aliphatic rings. The number of nitrogens with two attached hydrogens (primary N) is 1. The highest BCUT2D eigenvalue weighted by Gasteiger charge is 2.74. The van der Waals surface area contributed by atoms with Gasteiger partial charge in [-0.05, 0) is 19.8 Å². The first-order chi connectivity index (χ1) is 5.02. The van der Waals surface area contributed by atoms with Crippen molar-refractivity contribution in [1.29, 1.82) is 0 Å². The topological polar surface area (TPSA) is 43.1 Å². The number of rotatable bonds is 1. The molecule has 2 N–H and O–H groups in total. The predicted octanol–water partition coefficient (Wildman–Crippen LogP) is 0.651. The third kappa shape index (κ3) is 0.670. The van der Waals surface area contributed by atoms with Gasteiger partial charge in [-0.3, -0.25) is 4.79 Å². The van der Waals surface area contributed by atoms with Gasteiger partial charge in [0.1, 0.15) is 0 Å². The van der Waals surface area contributed by atoms with Gasteiger partial charge in [0, 0.05) is 17.4 Å². The SMILES string of the molecule is C[C@]1(N)CCC2[C@H]1[C@@]2(F)C=O. The van der Waals surface area contributed by atoms with E-state index >= 15 is 0 Å². The lowest BCUT2D eigenvalue weighted by Gasteiger charge is -2.21. The van der Waals surface area contributed by atoms with Crippen LogP contribution < -0.4 is 5.73 Å². The van der Waals surface area contributed by atoms with Gasteiger partial charge in [0.15, 0.2) is 12.0 Å². The zero-order valence-corrected chi connectivity index (χ0v) is 6.51. The summed E-state index contributed by atoms with van der Waals surface area (Å²) in [4.78, 5) is 10.4. The second kappa shape index (κ2) is 1.66. The van der Waals surface area contributed by atoms with E-state index < -0.39 is 11.2 Å². The molecule has 0 aromatic carbocycles. The molecule has 0 radical (unpaired) electrons. The first kappa shape index (κ1) is 7.22. The van der Waals surface area contributed by atoms with E-state index in [1.165, 1.54) is 0 Å². The molecule has 0 bridgehead atoms. The van der Waals surface area contributed by atoms with Crippen LogP contribution >= 0.6 is 0 Å². The second-order valence-corrected chi connectivity index (χ2v) is 4.07. The predicted molar refractivity (Wildman–Crippen MR) is 38.7 cm³/mol. The third-order valence-corrected chi connectivity index (χ3v) is 3.22. The van der Waals surface area contributed by atoms with Crippen LogP contribution in [0.4, 0.5) is 4.39 Å². The molecule has 0 spiro atoms. The smallest absolute Gasteiger partial charge is 0.173 e. The summed E-state index contributed by atoms with van der Waals surface area (Å²) in [6.07, 6.45) is 2.06. The van der Waals surface area contributed by atoms with Crippen LogP contribution in [-0.4, -0.2) is 17.5 Å². The molecule has 0 saturated heterocycles. The summed E-state index contributed by atoms with van der Waals surface area (Å²) in [5.41, 5.74) is 3.80. The molecular formula is C8H12FNO. The van der Waals surface area contributed by atoms with Crippen LogP contribution in [0.25, 0.3) is 0 Å². The minimum absolute atomic E-state index is 0.0741. The van der Waals surface area contributed by atoms with Gasteiger partial charge in [0.05, 0.1) is 0 Å². The van der Waals surface area contributed by atoms with Crippen LogP contribution in [-0.2, 0) is 4.79 Å².